The second-order valence-corrected chi connectivity index (χ2v) is 6.56. The number of rotatable bonds is 4. The molecule has 0 radical (unpaired) electrons. The number of anilines is 1. The maximum Gasteiger partial charge on any atom is 0.286 e. The third-order valence-electron chi connectivity index (χ3n) is 3.45. The highest BCUT2D eigenvalue weighted by Gasteiger charge is 2.23. The summed E-state index contributed by atoms with van der Waals surface area (Å²) in [6, 6.07) is 8.79. The fourth-order valence-electron chi connectivity index (χ4n) is 2.36. The Balaban J connectivity index is 1.59. The standard InChI is InChI=1S/C16H15ClN2O3S/c17-11-3-4-14-12(10-11)19(7-9-23-14)15(20)5-6-18-16(21)13-2-1-8-22-13/h1-4,8,10H,5-7,9H2,(H,18,21). The maximum atomic E-state index is 12.4. The highest BCUT2D eigenvalue weighted by Crippen LogP contribution is 2.36. The number of carbonyl (C=O) groups is 2. The molecule has 2 amide bonds. The van der Waals surface area contributed by atoms with Crippen molar-refractivity contribution in [2.75, 3.05) is 23.7 Å². The number of furan rings is 1. The van der Waals surface area contributed by atoms with E-state index in [-0.39, 0.29) is 30.5 Å². The quantitative estimate of drug-likeness (QED) is 0.919. The minimum absolute atomic E-state index is 0.0337. The lowest BCUT2D eigenvalue weighted by Gasteiger charge is -2.29. The summed E-state index contributed by atoms with van der Waals surface area (Å²) in [6.07, 6.45) is 1.66. The van der Waals surface area contributed by atoms with Crippen LogP contribution in [0.25, 0.3) is 0 Å². The van der Waals surface area contributed by atoms with Crippen LogP contribution in [0.3, 0.4) is 0 Å². The topological polar surface area (TPSA) is 62.6 Å². The minimum atomic E-state index is -0.319. The van der Waals surface area contributed by atoms with Crippen molar-refractivity contribution in [1.29, 1.82) is 0 Å². The van der Waals surface area contributed by atoms with E-state index in [4.69, 9.17) is 16.0 Å². The molecule has 2 heterocycles. The number of benzene rings is 1. The van der Waals surface area contributed by atoms with Crippen molar-refractivity contribution < 1.29 is 14.0 Å². The van der Waals surface area contributed by atoms with Gasteiger partial charge >= 0.3 is 0 Å². The van der Waals surface area contributed by atoms with Gasteiger partial charge in [-0.05, 0) is 30.3 Å². The lowest BCUT2D eigenvalue weighted by atomic mass is 10.2. The normalized spacial score (nSPS) is 13.5. The Morgan fingerprint density at radius 3 is 3.00 bits per heavy atom. The Morgan fingerprint density at radius 2 is 2.22 bits per heavy atom. The molecule has 3 rings (SSSR count). The highest BCUT2D eigenvalue weighted by atomic mass is 35.5. The molecule has 5 nitrogen and oxygen atoms in total. The summed E-state index contributed by atoms with van der Waals surface area (Å²) in [5.74, 6) is 0.733. The Kier molecular flexibility index (Phi) is 4.93. The van der Waals surface area contributed by atoms with Crippen LogP contribution in [0.2, 0.25) is 5.02 Å². The van der Waals surface area contributed by atoms with Gasteiger partial charge in [-0.25, -0.2) is 0 Å². The number of carbonyl (C=O) groups excluding carboxylic acids is 2. The largest absolute Gasteiger partial charge is 0.459 e. The van der Waals surface area contributed by atoms with Crippen LogP contribution >= 0.6 is 23.4 Å². The minimum Gasteiger partial charge on any atom is -0.459 e. The molecule has 0 fully saturated rings. The first-order chi connectivity index (χ1) is 11.1. The van der Waals surface area contributed by atoms with Gasteiger partial charge in [0.25, 0.3) is 5.91 Å². The molecule has 0 saturated heterocycles. The van der Waals surface area contributed by atoms with Crippen molar-refractivity contribution in [3.05, 3.63) is 47.4 Å². The van der Waals surface area contributed by atoms with Crippen LogP contribution in [-0.2, 0) is 4.79 Å². The summed E-state index contributed by atoms with van der Waals surface area (Å²) in [5.41, 5.74) is 0.844. The van der Waals surface area contributed by atoms with Crippen LogP contribution in [0.1, 0.15) is 17.0 Å². The lowest BCUT2D eigenvalue weighted by molar-refractivity contribution is -0.118. The number of thioether (sulfide) groups is 1. The molecule has 7 heteroatoms. The zero-order valence-electron chi connectivity index (χ0n) is 12.3. The predicted molar refractivity (Wildman–Crippen MR) is 90.2 cm³/mol. The summed E-state index contributed by atoms with van der Waals surface area (Å²) < 4.78 is 5.00. The van der Waals surface area contributed by atoms with Crippen molar-refractivity contribution in [3.8, 4) is 0 Å². The van der Waals surface area contributed by atoms with Crippen LogP contribution in [0.15, 0.2) is 45.9 Å². The third-order valence-corrected chi connectivity index (χ3v) is 4.73. The van der Waals surface area contributed by atoms with Gasteiger partial charge in [-0.3, -0.25) is 9.59 Å². The van der Waals surface area contributed by atoms with Crippen LogP contribution < -0.4 is 10.2 Å². The van der Waals surface area contributed by atoms with Gasteiger partial charge in [-0.2, -0.15) is 0 Å². The lowest BCUT2D eigenvalue weighted by Crippen LogP contribution is -2.37. The molecule has 120 valence electrons. The van der Waals surface area contributed by atoms with E-state index in [0.717, 1.165) is 16.3 Å². The van der Waals surface area contributed by atoms with Crippen molar-refractivity contribution in [1.82, 2.24) is 5.32 Å². The van der Waals surface area contributed by atoms with E-state index in [1.165, 1.54) is 6.26 Å². The summed E-state index contributed by atoms with van der Waals surface area (Å²) in [4.78, 5) is 27.0. The van der Waals surface area contributed by atoms with E-state index in [2.05, 4.69) is 5.32 Å². The number of hydrogen-bond acceptors (Lipinski definition) is 4. The molecule has 2 aromatic rings. The number of fused-ring (bicyclic) bond motifs is 1. The number of nitrogens with one attached hydrogen (secondary N) is 1. The molecule has 1 aliphatic rings. The Bertz CT molecular complexity index is 718. The number of amides is 2. The number of hydrogen-bond donors (Lipinski definition) is 1. The van der Waals surface area contributed by atoms with Crippen LogP contribution in [-0.4, -0.2) is 30.7 Å². The highest BCUT2D eigenvalue weighted by molar-refractivity contribution is 7.99. The first kappa shape index (κ1) is 16.0. The van der Waals surface area contributed by atoms with Gasteiger partial charge in [-0.1, -0.05) is 11.6 Å². The molecule has 0 atom stereocenters. The van der Waals surface area contributed by atoms with Crippen LogP contribution in [0.5, 0.6) is 0 Å². The number of halogens is 1. The Morgan fingerprint density at radius 1 is 1.35 bits per heavy atom. The molecular formula is C16H15ClN2O3S. The van der Waals surface area contributed by atoms with E-state index < -0.39 is 0 Å². The van der Waals surface area contributed by atoms with E-state index in [9.17, 15) is 9.59 Å². The SMILES string of the molecule is O=C(NCCC(=O)N1CCSc2ccc(Cl)cc21)c1ccco1. The zero-order chi connectivity index (χ0) is 16.2. The Labute approximate surface area is 143 Å². The Hall–Kier alpha value is -1.92. The molecule has 1 aromatic heterocycles. The van der Waals surface area contributed by atoms with E-state index in [1.807, 2.05) is 18.2 Å². The molecule has 0 unspecified atom stereocenters. The predicted octanol–water partition coefficient (Wildman–Crippen LogP) is 3.19. The van der Waals surface area contributed by atoms with Gasteiger partial charge in [0, 0.05) is 35.2 Å². The molecule has 1 aliphatic heterocycles. The van der Waals surface area contributed by atoms with Gasteiger partial charge in [0.15, 0.2) is 5.76 Å². The van der Waals surface area contributed by atoms with Crippen molar-refractivity contribution in [3.63, 3.8) is 0 Å². The molecule has 1 N–H and O–H groups in total. The fourth-order valence-corrected chi connectivity index (χ4v) is 3.50. The average molecular weight is 351 g/mol. The van der Waals surface area contributed by atoms with E-state index in [1.54, 1.807) is 28.8 Å². The third kappa shape index (κ3) is 3.71. The van der Waals surface area contributed by atoms with Gasteiger partial charge in [0.2, 0.25) is 5.91 Å². The van der Waals surface area contributed by atoms with Crippen LogP contribution in [0.4, 0.5) is 5.69 Å². The molecule has 23 heavy (non-hydrogen) atoms. The van der Waals surface area contributed by atoms with Crippen molar-refractivity contribution in [2.24, 2.45) is 0 Å². The fraction of sp³-hybridized carbons (Fsp3) is 0.250. The second-order valence-electron chi connectivity index (χ2n) is 4.99. The van der Waals surface area contributed by atoms with Gasteiger partial charge in [0.05, 0.1) is 12.0 Å². The van der Waals surface area contributed by atoms with Crippen molar-refractivity contribution in [2.45, 2.75) is 11.3 Å². The molecule has 0 bridgehead atoms. The average Bonchev–Trinajstić information content (AvgIpc) is 3.08. The number of nitrogens with zero attached hydrogens (tertiary/aromatic N) is 1. The maximum absolute atomic E-state index is 12.4. The molecular weight excluding hydrogens is 336 g/mol. The van der Waals surface area contributed by atoms with Crippen molar-refractivity contribution >= 4 is 40.9 Å². The summed E-state index contributed by atoms with van der Waals surface area (Å²) in [7, 11) is 0. The first-order valence-corrected chi connectivity index (χ1v) is 8.56. The van der Waals surface area contributed by atoms with Gasteiger partial charge in [0.1, 0.15) is 0 Å². The molecule has 1 aromatic carbocycles. The second kappa shape index (κ2) is 7.10. The summed E-state index contributed by atoms with van der Waals surface area (Å²) >= 11 is 7.75. The smallest absolute Gasteiger partial charge is 0.286 e. The first-order valence-electron chi connectivity index (χ1n) is 7.19. The van der Waals surface area contributed by atoms with Gasteiger partial charge < -0.3 is 14.6 Å². The molecule has 0 saturated carbocycles. The van der Waals surface area contributed by atoms with E-state index in [0.29, 0.717) is 11.6 Å². The van der Waals surface area contributed by atoms with E-state index >= 15 is 0 Å². The van der Waals surface area contributed by atoms with Crippen LogP contribution in [0, 0.1) is 0 Å². The zero-order valence-corrected chi connectivity index (χ0v) is 13.8. The van der Waals surface area contributed by atoms with Gasteiger partial charge in [-0.15, -0.1) is 11.8 Å². The molecule has 0 aliphatic carbocycles. The molecule has 0 spiro atoms. The summed E-state index contributed by atoms with van der Waals surface area (Å²) in [6.45, 7) is 0.904. The summed E-state index contributed by atoms with van der Waals surface area (Å²) in [5, 5.41) is 3.29. The monoisotopic (exact) mass is 350 g/mol.